The second-order valence-electron chi connectivity index (χ2n) is 5.00. The number of hydrogen-bond acceptors (Lipinski definition) is 5. The van der Waals surface area contributed by atoms with Crippen LogP contribution >= 0.6 is 15.9 Å². The summed E-state index contributed by atoms with van der Waals surface area (Å²) < 4.78 is 0.923. The van der Waals surface area contributed by atoms with Crippen molar-refractivity contribution in [2.45, 2.75) is 31.3 Å². The Morgan fingerprint density at radius 3 is 2.94 bits per heavy atom. The van der Waals surface area contributed by atoms with Crippen LogP contribution in [0.5, 0.6) is 0 Å². The molecule has 98 valence electrons. The van der Waals surface area contributed by atoms with Crippen molar-refractivity contribution in [1.82, 2.24) is 14.9 Å². The molecule has 2 N–H and O–H groups in total. The first-order valence-corrected chi connectivity index (χ1v) is 7.26. The Hall–Kier alpha value is -0.880. The fourth-order valence-corrected chi connectivity index (χ4v) is 2.76. The van der Waals surface area contributed by atoms with Crippen molar-refractivity contribution < 1.29 is 0 Å². The van der Waals surface area contributed by atoms with Gasteiger partial charge < -0.3 is 10.6 Å². The summed E-state index contributed by atoms with van der Waals surface area (Å²) in [5, 5.41) is 6.48. The fraction of sp³-hybridized carbons (Fsp3) is 0.667. The normalized spacial score (nSPS) is 24.2. The van der Waals surface area contributed by atoms with Crippen molar-refractivity contribution in [2.24, 2.45) is 0 Å². The van der Waals surface area contributed by atoms with Gasteiger partial charge in [-0.15, -0.1) is 0 Å². The van der Waals surface area contributed by atoms with Crippen LogP contribution in [0.1, 0.15) is 19.3 Å². The van der Waals surface area contributed by atoms with E-state index in [4.69, 9.17) is 0 Å². The van der Waals surface area contributed by atoms with Crippen LogP contribution in [0.25, 0.3) is 0 Å². The zero-order valence-corrected chi connectivity index (χ0v) is 12.1. The molecule has 3 rings (SSSR count). The number of aromatic nitrogens is 2. The average molecular weight is 312 g/mol. The highest BCUT2D eigenvalue weighted by atomic mass is 79.9. The van der Waals surface area contributed by atoms with Gasteiger partial charge in [-0.05, 0) is 35.2 Å². The molecule has 18 heavy (non-hydrogen) atoms. The molecule has 0 spiro atoms. The lowest BCUT2D eigenvalue weighted by Crippen LogP contribution is -2.28. The van der Waals surface area contributed by atoms with Gasteiger partial charge in [0.2, 0.25) is 5.95 Å². The number of nitrogens with one attached hydrogen (secondary N) is 2. The zero-order chi connectivity index (χ0) is 12.5. The van der Waals surface area contributed by atoms with Gasteiger partial charge in [-0.2, -0.15) is 4.98 Å². The van der Waals surface area contributed by atoms with Crippen LogP contribution in [0.15, 0.2) is 10.7 Å². The highest BCUT2D eigenvalue weighted by Gasteiger charge is 2.34. The predicted molar refractivity (Wildman–Crippen MR) is 75.9 cm³/mol. The lowest BCUT2D eigenvalue weighted by molar-refractivity contribution is 0.326. The van der Waals surface area contributed by atoms with Gasteiger partial charge >= 0.3 is 0 Å². The molecule has 1 aliphatic carbocycles. The minimum atomic E-state index is 0.501. The van der Waals surface area contributed by atoms with Gasteiger partial charge in [0, 0.05) is 38.4 Å². The first kappa shape index (κ1) is 12.2. The molecule has 2 aliphatic rings. The smallest absolute Gasteiger partial charge is 0.224 e. The van der Waals surface area contributed by atoms with Gasteiger partial charge in [-0.1, -0.05) is 0 Å². The van der Waals surface area contributed by atoms with Gasteiger partial charge in [-0.25, -0.2) is 4.98 Å². The first-order chi connectivity index (χ1) is 8.76. The molecular formula is C12H18BrN5. The molecule has 1 saturated heterocycles. The molecule has 1 aromatic rings. The SMILES string of the molecule is CNc1ncc(Br)c(NC2CCN(C3CC3)C2)n1. The lowest BCUT2D eigenvalue weighted by atomic mass is 10.2. The summed E-state index contributed by atoms with van der Waals surface area (Å²) in [6.07, 6.45) is 5.75. The van der Waals surface area contributed by atoms with E-state index < -0.39 is 0 Å². The topological polar surface area (TPSA) is 53.1 Å². The van der Waals surface area contributed by atoms with E-state index in [9.17, 15) is 0 Å². The molecule has 1 saturated carbocycles. The number of hydrogen-bond donors (Lipinski definition) is 2. The summed E-state index contributed by atoms with van der Waals surface area (Å²) in [6.45, 7) is 2.35. The van der Waals surface area contributed by atoms with Gasteiger partial charge in [0.1, 0.15) is 5.82 Å². The molecule has 0 bridgehead atoms. The van der Waals surface area contributed by atoms with E-state index in [2.05, 4.69) is 41.4 Å². The minimum Gasteiger partial charge on any atom is -0.365 e. The molecule has 1 atom stereocenters. The van der Waals surface area contributed by atoms with Gasteiger partial charge in [0.25, 0.3) is 0 Å². The van der Waals surface area contributed by atoms with E-state index in [1.807, 2.05) is 7.05 Å². The van der Waals surface area contributed by atoms with E-state index in [-0.39, 0.29) is 0 Å². The monoisotopic (exact) mass is 311 g/mol. The molecule has 6 heteroatoms. The van der Waals surface area contributed by atoms with E-state index in [0.717, 1.165) is 22.9 Å². The second kappa shape index (κ2) is 5.01. The van der Waals surface area contributed by atoms with Gasteiger partial charge in [0.05, 0.1) is 4.47 Å². The standard InChI is InChI=1S/C12H18BrN5/c1-14-12-15-6-10(13)11(17-12)16-8-4-5-18(7-8)9-2-3-9/h6,8-9H,2-5,7H2,1H3,(H2,14,15,16,17). The van der Waals surface area contributed by atoms with Crippen LogP contribution in [-0.2, 0) is 0 Å². The predicted octanol–water partition coefficient (Wildman–Crippen LogP) is 1.93. The van der Waals surface area contributed by atoms with Crippen LogP contribution in [0.4, 0.5) is 11.8 Å². The first-order valence-electron chi connectivity index (χ1n) is 6.47. The van der Waals surface area contributed by atoms with Gasteiger partial charge in [-0.3, -0.25) is 4.90 Å². The Bertz CT molecular complexity index is 434. The Labute approximate surface area is 116 Å². The Kier molecular flexibility index (Phi) is 3.39. The maximum absolute atomic E-state index is 4.44. The minimum absolute atomic E-state index is 0.501. The molecule has 5 nitrogen and oxygen atoms in total. The number of halogens is 1. The van der Waals surface area contributed by atoms with Crippen LogP contribution in [0.2, 0.25) is 0 Å². The maximum atomic E-state index is 4.44. The third kappa shape index (κ3) is 2.59. The highest BCUT2D eigenvalue weighted by Crippen LogP contribution is 2.31. The highest BCUT2D eigenvalue weighted by molar-refractivity contribution is 9.10. The van der Waals surface area contributed by atoms with Crippen molar-refractivity contribution in [3.8, 4) is 0 Å². The Morgan fingerprint density at radius 1 is 1.39 bits per heavy atom. The number of anilines is 2. The van der Waals surface area contributed by atoms with Crippen molar-refractivity contribution in [3.05, 3.63) is 10.7 Å². The van der Waals surface area contributed by atoms with Crippen molar-refractivity contribution in [2.75, 3.05) is 30.8 Å². The van der Waals surface area contributed by atoms with Gasteiger partial charge in [0.15, 0.2) is 0 Å². The van der Waals surface area contributed by atoms with Crippen molar-refractivity contribution in [3.63, 3.8) is 0 Å². The number of rotatable bonds is 4. The molecule has 0 amide bonds. The quantitative estimate of drug-likeness (QED) is 0.890. The molecule has 2 heterocycles. The third-order valence-corrected chi connectivity index (χ3v) is 4.17. The summed E-state index contributed by atoms with van der Waals surface area (Å²) in [4.78, 5) is 11.2. The van der Waals surface area contributed by atoms with Crippen molar-refractivity contribution in [1.29, 1.82) is 0 Å². The fourth-order valence-electron chi connectivity index (χ4n) is 2.46. The molecule has 1 aliphatic heterocycles. The van der Waals surface area contributed by atoms with E-state index in [1.165, 1.54) is 25.8 Å². The largest absolute Gasteiger partial charge is 0.365 e. The Balaban J connectivity index is 1.65. The van der Waals surface area contributed by atoms with E-state index in [1.54, 1.807) is 6.20 Å². The van der Waals surface area contributed by atoms with Crippen molar-refractivity contribution >= 4 is 27.7 Å². The number of nitrogens with zero attached hydrogens (tertiary/aromatic N) is 3. The molecular weight excluding hydrogens is 294 g/mol. The second-order valence-corrected chi connectivity index (χ2v) is 5.85. The summed E-state index contributed by atoms with van der Waals surface area (Å²) in [6, 6.07) is 1.36. The van der Waals surface area contributed by atoms with Crippen LogP contribution in [0, 0.1) is 0 Å². The molecule has 1 unspecified atom stereocenters. The summed E-state index contributed by atoms with van der Waals surface area (Å²) >= 11 is 3.49. The summed E-state index contributed by atoms with van der Waals surface area (Å²) in [5.74, 6) is 1.54. The van der Waals surface area contributed by atoms with Crippen LogP contribution in [0.3, 0.4) is 0 Å². The van der Waals surface area contributed by atoms with Crippen LogP contribution in [-0.4, -0.2) is 47.1 Å². The van der Waals surface area contributed by atoms with E-state index >= 15 is 0 Å². The lowest BCUT2D eigenvalue weighted by Gasteiger charge is -2.17. The molecule has 1 aromatic heterocycles. The summed E-state index contributed by atoms with van der Waals surface area (Å²) in [7, 11) is 1.83. The third-order valence-electron chi connectivity index (χ3n) is 3.59. The Morgan fingerprint density at radius 2 is 2.22 bits per heavy atom. The average Bonchev–Trinajstić information content (AvgIpc) is 3.13. The molecule has 0 radical (unpaired) electrons. The number of likely N-dealkylation sites (tertiary alicyclic amines) is 1. The maximum Gasteiger partial charge on any atom is 0.224 e. The summed E-state index contributed by atoms with van der Waals surface area (Å²) in [5.41, 5.74) is 0. The molecule has 2 fully saturated rings. The zero-order valence-electron chi connectivity index (χ0n) is 10.5. The van der Waals surface area contributed by atoms with E-state index in [0.29, 0.717) is 12.0 Å². The molecule has 0 aromatic carbocycles. The van der Waals surface area contributed by atoms with Crippen LogP contribution < -0.4 is 10.6 Å².